The van der Waals surface area contributed by atoms with Gasteiger partial charge in [-0.05, 0) is 18.2 Å². The second-order valence-corrected chi connectivity index (χ2v) is 2.40. The molecular weight excluding hydrogens is 164 g/mol. The highest BCUT2D eigenvalue weighted by atomic mass is 35.5. The normalized spacial score (nSPS) is 9.55. The topological polar surface area (TPSA) is 61.0 Å². The second-order valence-electron chi connectivity index (χ2n) is 1.96. The van der Waals surface area contributed by atoms with Gasteiger partial charge in [-0.25, -0.2) is 4.98 Å². The lowest BCUT2D eigenvalue weighted by atomic mass is 10.3. The van der Waals surface area contributed by atoms with Gasteiger partial charge in [0.15, 0.2) is 12.0 Å². The van der Waals surface area contributed by atoms with Gasteiger partial charge in [-0.2, -0.15) is 0 Å². The minimum atomic E-state index is 0. The minimum absolute atomic E-state index is 0. The molecule has 1 aromatic carbocycles. The molecule has 58 valence electrons. The molecule has 0 aliphatic carbocycles. The third-order valence-electron chi connectivity index (χ3n) is 1.29. The predicted octanol–water partition coefficient (Wildman–Crippen LogP) is 2.64. The largest absolute Gasteiger partial charge is 0.443 e. The van der Waals surface area contributed by atoms with E-state index in [0.29, 0.717) is 5.02 Å². The summed E-state index contributed by atoms with van der Waals surface area (Å²) >= 11 is 5.69. The van der Waals surface area contributed by atoms with Crippen molar-refractivity contribution in [3.63, 3.8) is 0 Å². The van der Waals surface area contributed by atoms with Crippen LogP contribution < -0.4 is 6.15 Å². The number of benzene rings is 1. The molecule has 0 bridgehead atoms. The van der Waals surface area contributed by atoms with Crippen molar-refractivity contribution >= 4 is 22.7 Å². The Labute approximate surface area is 68.6 Å². The van der Waals surface area contributed by atoms with Gasteiger partial charge in [-0.3, -0.25) is 0 Å². The van der Waals surface area contributed by atoms with Crippen LogP contribution in [-0.4, -0.2) is 4.98 Å². The summed E-state index contributed by atoms with van der Waals surface area (Å²) in [5.41, 5.74) is 1.57. The lowest BCUT2D eigenvalue weighted by molar-refractivity contribution is 0.602. The molecule has 1 aromatic heterocycles. The highest BCUT2D eigenvalue weighted by molar-refractivity contribution is 6.31. The summed E-state index contributed by atoms with van der Waals surface area (Å²) in [6.07, 6.45) is 1.40. The first-order chi connectivity index (χ1) is 4.86. The molecular formula is C7H7ClN2O. The maximum Gasteiger partial charge on any atom is 0.181 e. The standard InChI is InChI=1S/C7H4ClNO.H3N/c8-5-1-2-7-6(3-5)9-4-10-7;/h1-4H;1H3. The molecule has 2 rings (SSSR count). The Morgan fingerprint density at radius 3 is 3.00 bits per heavy atom. The van der Waals surface area contributed by atoms with Crippen LogP contribution in [0.5, 0.6) is 0 Å². The van der Waals surface area contributed by atoms with E-state index >= 15 is 0 Å². The van der Waals surface area contributed by atoms with E-state index in [-0.39, 0.29) is 6.15 Å². The first-order valence-electron chi connectivity index (χ1n) is 2.85. The summed E-state index contributed by atoms with van der Waals surface area (Å²) in [4.78, 5) is 3.93. The number of nitrogens with zero attached hydrogens (tertiary/aromatic N) is 1. The average Bonchev–Trinajstić information content (AvgIpc) is 2.33. The van der Waals surface area contributed by atoms with E-state index in [0.717, 1.165) is 11.1 Å². The lowest BCUT2D eigenvalue weighted by Crippen LogP contribution is -1.65. The van der Waals surface area contributed by atoms with Gasteiger partial charge in [0.2, 0.25) is 0 Å². The van der Waals surface area contributed by atoms with Crippen molar-refractivity contribution in [2.75, 3.05) is 0 Å². The molecule has 0 unspecified atom stereocenters. The molecule has 3 nitrogen and oxygen atoms in total. The smallest absolute Gasteiger partial charge is 0.181 e. The Morgan fingerprint density at radius 2 is 2.18 bits per heavy atom. The minimum Gasteiger partial charge on any atom is -0.443 e. The number of fused-ring (bicyclic) bond motifs is 1. The SMILES string of the molecule is Clc1ccc2ocnc2c1.N. The van der Waals surface area contributed by atoms with E-state index in [9.17, 15) is 0 Å². The van der Waals surface area contributed by atoms with Crippen LogP contribution in [0, 0.1) is 0 Å². The van der Waals surface area contributed by atoms with Gasteiger partial charge in [-0.15, -0.1) is 0 Å². The Kier molecular flexibility index (Phi) is 2.12. The van der Waals surface area contributed by atoms with E-state index in [2.05, 4.69) is 4.98 Å². The Balaban J connectivity index is 0.000000605. The zero-order valence-electron chi connectivity index (χ0n) is 5.75. The lowest BCUT2D eigenvalue weighted by Gasteiger charge is -1.85. The van der Waals surface area contributed by atoms with Gasteiger partial charge in [0.05, 0.1) is 0 Å². The zero-order valence-corrected chi connectivity index (χ0v) is 6.51. The summed E-state index contributed by atoms with van der Waals surface area (Å²) in [7, 11) is 0. The summed E-state index contributed by atoms with van der Waals surface area (Å²) in [5.74, 6) is 0. The molecule has 3 N–H and O–H groups in total. The van der Waals surface area contributed by atoms with Crippen molar-refractivity contribution in [2.24, 2.45) is 0 Å². The number of hydrogen-bond donors (Lipinski definition) is 1. The first-order valence-corrected chi connectivity index (χ1v) is 3.23. The molecule has 1 heterocycles. The molecule has 0 saturated heterocycles. The van der Waals surface area contributed by atoms with Crippen LogP contribution in [0.15, 0.2) is 29.0 Å². The molecule has 0 saturated carbocycles. The van der Waals surface area contributed by atoms with E-state index < -0.39 is 0 Å². The maximum atomic E-state index is 5.69. The highest BCUT2D eigenvalue weighted by Crippen LogP contribution is 2.16. The first kappa shape index (κ1) is 8.04. The highest BCUT2D eigenvalue weighted by Gasteiger charge is 1.96. The number of oxazole rings is 1. The number of hydrogen-bond acceptors (Lipinski definition) is 3. The molecule has 2 aromatic rings. The summed E-state index contributed by atoms with van der Waals surface area (Å²) in [6.45, 7) is 0. The Bertz CT molecular complexity index is 358. The predicted molar refractivity (Wildman–Crippen MR) is 44.0 cm³/mol. The van der Waals surface area contributed by atoms with Crippen LogP contribution in [0.3, 0.4) is 0 Å². The number of aromatic nitrogens is 1. The van der Waals surface area contributed by atoms with Crippen molar-refractivity contribution in [3.05, 3.63) is 29.6 Å². The third kappa shape index (κ3) is 1.34. The van der Waals surface area contributed by atoms with Gasteiger partial charge < -0.3 is 10.6 Å². The van der Waals surface area contributed by atoms with Gasteiger partial charge in [-0.1, -0.05) is 11.6 Å². The van der Waals surface area contributed by atoms with Crippen molar-refractivity contribution in [3.8, 4) is 0 Å². The van der Waals surface area contributed by atoms with Crippen molar-refractivity contribution in [2.45, 2.75) is 0 Å². The van der Waals surface area contributed by atoms with Crippen LogP contribution in [0.2, 0.25) is 5.02 Å². The third-order valence-corrected chi connectivity index (χ3v) is 1.53. The molecule has 4 heteroatoms. The van der Waals surface area contributed by atoms with Crippen LogP contribution in [0.1, 0.15) is 0 Å². The molecule has 11 heavy (non-hydrogen) atoms. The number of halogens is 1. The molecule has 0 aliphatic heterocycles. The van der Waals surface area contributed by atoms with Gasteiger partial charge in [0, 0.05) is 5.02 Å². The fourth-order valence-electron chi connectivity index (χ4n) is 0.831. The monoisotopic (exact) mass is 170 g/mol. The molecule has 0 fully saturated rings. The van der Waals surface area contributed by atoms with Gasteiger partial charge in [0.1, 0.15) is 5.52 Å². The summed E-state index contributed by atoms with van der Waals surface area (Å²) < 4.78 is 5.00. The fourth-order valence-corrected chi connectivity index (χ4v) is 0.997. The summed E-state index contributed by atoms with van der Waals surface area (Å²) in [6, 6.07) is 5.33. The fraction of sp³-hybridized carbons (Fsp3) is 0. The molecule has 0 aliphatic rings. The van der Waals surface area contributed by atoms with E-state index in [4.69, 9.17) is 16.0 Å². The quantitative estimate of drug-likeness (QED) is 0.661. The number of rotatable bonds is 0. The van der Waals surface area contributed by atoms with Crippen molar-refractivity contribution in [1.29, 1.82) is 0 Å². The molecule has 0 radical (unpaired) electrons. The van der Waals surface area contributed by atoms with Crippen LogP contribution in [0.25, 0.3) is 11.1 Å². The zero-order chi connectivity index (χ0) is 6.97. The van der Waals surface area contributed by atoms with E-state index in [1.165, 1.54) is 6.39 Å². The van der Waals surface area contributed by atoms with Gasteiger partial charge >= 0.3 is 0 Å². The second kappa shape index (κ2) is 2.90. The molecule has 0 spiro atoms. The van der Waals surface area contributed by atoms with E-state index in [1.54, 1.807) is 18.2 Å². The average molecular weight is 171 g/mol. The van der Waals surface area contributed by atoms with Crippen LogP contribution in [0.4, 0.5) is 0 Å². The molecule has 0 amide bonds. The Hall–Kier alpha value is -1.06. The Morgan fingerprint density at radius 1 is 1.36 bits per heavy atom. The van der Waals surface area contributed by atoms with Crippen LogP contribution in [-0.2, 0) is 0 Å². The van der Waals surface area contributed by atoms with Crippen molar-refractivity contribution < 1.29 is 4.42 Å². The summed E-state index contributed by atoms with van der Waals surface area (Å²) in [5, 5.41) is 0.682. The molecule has 0 atom stereocenters. The van der Waals surface area contributed by atoms with Crippen LogP contribution >= 0.6 is 11.6 Å². The maximum absolute atomic E-state index is 5.69. The van der Waals surface area contributed by atoms with E-state index in [1.807, 2.05) is 0 Å². The van der Waals surface area contributed by atoms with Gasteiger partial charge in [0.25, 0.3) is 0 Å². The van der Waals surface area contributed by atoms with Crippen molar-refractivity contribution in [1.82, 2.24) is 11.1 Å².